The van der Waals surface area contributed by atoms with E-state index < -0.39 is 53.5 Å². The maximum atomic E-state index is 13.7. The number of rotatable bonds is 6. The first kappa shape index (κ1) is 31.5. The van der Waals surface area contributed by atoms with Crippen molar-refractivity contribution in [1.29, 1.82) is 0 Å². The summed E-state index contributed by atoms with van der Waals surface area (Å²) in [7, 11) is 0. The van der Waals surface area contributed by atoms with Crippen LogP contribution in [0.5, 0.6) is 0 Å². The number of amides is 1. The van der Waals surface area contributed by atoms with Gasteiger partial charge in [-0.15, -0.1) is 0 Å². The maximum absolute atomic E-state index is 13.7. The Labute approximate surface area is 238 Å². The molecule has 1 heterocycles. The zero-order valence-corrected chi connectivity index (χ0v) is 23.2. The average Bonchev–Trinajstić information content (AvgIpc) is 3.23. The van der Waals surface area contributed by atoms with Gasteiger partial charge in [0.05, 0.1) is 23.3 Å². The number of hydrogen-bond acceptors (Lipinski definition) is 3. The third kappa shape index (κ3) is 7.11. The van der Waals surface area contributed by atoms with Crippen LogP contribution < -0.4 is 0 Å². The number of ketones is 1. The zero-order valence-electron chi connectivity index (χ0n) is 23.2. The van der Waals surface area contributed by atoms with E-state index in [0.29, 0.717) is 42.5 Å². The van der Waals surface area contributed by atoms with Crippen LogP contribution in [0.2, 0.25) is 0 Å². The average molecular weight is 598 g/mol. The van der Waals surface area contributed by atoms with Crippen molar-refractivity contribution in [2.45, 2.75) is 76.6 Å². The lowest BCUT2D eigenvalue weighted by atomic mass is 9.90. The van der Waals surface area contributed by atoms with E-state index in [1.807, 2.05) is 0 Å². The molecule has 4 nitrogen and oxygen atoms in total. The van der Waals surface area contributed by atoms with Gasteiger partial charge in [0, 0.05) is 37.4 Å². The van der Waals surface area contributed by atoms with Gasteiger partial charge in [0.25, 0.3) is 0 Å². The summed E-state index contributed by atoms with van der Waals surface area (Å²) in [6, 6.07) is 6.31. The van der Waals surface area contributed by atoms with E-state index in [1.54, 1.807) is 19.9 Å². The number of hydrogen-bond donors (Lipinski definition) is 0. The Kier molecular flexibility index (Phi) is 9.01. The highest BCUT2D eigenvalue weighted by Gasteiger charge is 2.44. The molecule has 1 aliphatic carbocycles. The molecule has 226 valence electrons. The summed E-state index contributed by atoms with van der Waals surface area (Å²) in [5.74, 6) is -1.29. The van der Waals surface area contributed by atoms with Crippen LogP contribution in [0.25, 0.3) is 0 Å². The molecule has 0 radical (unpaired) electrons. The highest BCUT2D eigenvalue weighted by Crippen LogP contribution is 2.41. The van der Waals surface area contributed by atoms with Crippen LogP contribution in [0.15, 0.2) is 65.8 Å². The molecule has 2 aliphatic rings. The standard InChI is InChI=1S/C31H30F7NO3/c1-17(20-6-10-26(40)11-7-20)12-28(41)39-16-27(29(18(39)2)21-4-8-25(32)9-5-21)42-19(3)22-13-23(30(33,34)35)15-24(14-22)31(36,37)38/h4-6,8-9,12-15,18-19,27,29H,7,10-11,16H2,1-3H3/b17-12+/t18?,19-,27+,29?/m1/s1. The van der Waals surface area contributed by atoms with Crippen molar-refractivity contribution in [3.05, 3.63) is 93.8 Å². The third-order valence-corrected chi connectivity index (χ3v) is 7.88. The molecular formula is C31H30F7NO3. The first-order chi connectivity index (χ1) is 19.5. The van der Waals surface area contributed by atoms with Crippen LogP contribution in [0, 0.1) is 5.82 Å². The van der Waals surface area contributed by atoms with Gasteiger partial charge < -0.3 is 9.64 Å². The number of Topliss-reactive ketones (excluding diaryl/α,β-unsaturated/α-hetero) is 1. The molecule has 1 amide bonds. The van der Waals surface area contributed by atoms with Crippen LogP contribution in [0.3, 0.4) is 0 Å². The van der Waals surface area contributed by atoms with E-state index in [0.717, 1.165) is 5.57 Å². The molecule has 4 atom stereocenters. The van der Waals surface area contributed by atoms with Crippen molar-refractivity contribution in [2.75, 3.05) is 6.54 Å². The summed E-state index contributed by atoms with van der Waals surface area (Å²) in [6.07, 6.45) is -7.61. The molecule has 0 spiro atoms. The lowest BCUT2D eigenvalue weighted by Crippen LogP contribution is -2.34. The van der Waals surface area contributed by atoms with E-state index in [4.69, 9.17) is 4.74 Å². The Bertz CT molecular complexity index is 1360. The molecule has 2 unspecified atom stereocenters. The predicted octanol–water partition coefficient (Wildman–Crippen LogP) is 7.95. The second-order valence-electron chi connectivity index (χ2n) is 10.8. The van der Waals surface area contributed by atoms with Gasteiger partial charge in [-0.05, 0) is 79.8 Å². The first-order valence-electron chi connectivity index (χ1n) is 13.4. The molecule has 4 rings (SSSR count). The molecule has 0 bridgehead atoms. The Morgan fingerprint density at radius 2 is 1.60 bits per heavy atom. The molecule has 1 aliphatic heterocycles. The first-order valence-corrected chi connectivity index (χ1v) is 13.4. The molecule has 0 aromatic heterocycles. The molecule has 11 heteroatoms. The summed E-state index contributed by atoms with van der Waals surface area (Å²) >= 11 is 0. The van der Waals surface area contributed by atoms with E-state index in [1.165, 1.54) is 42.2 Å². The minimum absolute atomic E-state index is 0.00120. The van der Waals surface area contributed by atoms with Crippen LogP contribution in [-0.4, -0.2) is 35.3 Å². The number of carbonyl (C=O) groups is 2. The van der Waals surface area contributed by atoms with Gasteiger partial charge in [-0.2, -0.15) is 26.3 Å². The number of alkyl halides is 6. The van der Waals surface area contributed by atoms with Crippen LogP contribution in [-0.2, 0) is 26.7 Å². The molecule has 1 saturated heterocycles. The van der Waals surface area contributed by atoms with Gasteiger partial charge in [-0.25, -0.2) is 4.39 Å². The Balaban J connectivity index is 1.65. The summed E-state index contributed by atoms with van der Waals surface area (Å²) in [6.45, 7) is 4.87. The fourth-order valence-corrected chi connectivity index (χ4v) is 5.56. The highest BCUT2D eigenvalue weighted by atomic mass is 19.4. The predicted molar refractivity (Wildman–Crippen MR) is 141 cm³/mol. The molecule has 0 saturated carbocycles. The Morgan fingerprint density at radius 3 is 2.12 bits per heavy atom. The lowest BCUT2D eigenvalue weighted by molar-refractivity contribution is -0.143. The van der Waals surface area contributed by atoms with Crippen molar-refractivity contribution in [2.24, 2.45) is 0 Å². The van der Waals surface area contributed by atoms with E-state index in [-0.39, 0.29) is 29.9 Å². The normalized spacial score (nSPS) is 22.8. The Hall–Kier alpha value is -3.47. The zero-order chi connectivity index (χ0) is 31.0. The molecule has 2 aromatic carbocycles. The van der Waals surface area contributed by atoms with Gasteiger partial charge in [0.1, 0.15) is 11.6 Å². The van der Waals surface area contributed by atoms with Crippen molar-refractivity contribution >= 4 is 11.7 Å². The summed E-state index contributed by atoms with van der Waals surface area (Å²) in [5.41, 5.74) is -1.04. The van der Waals surface area contributed by atoms with Gasteiger partial charge >= 0.3 is 12.4 Å². The van der Waals surface area contributed by atoms with E-state index in [2.05, 4.69) is 0 Å². The smallest absolute Gasteiger partial charge is 0.368 e. The number of ether oxygens (including phenoxy) is 1. The van der Waals surface area contributed by atoms with Crippen molar-refractivity contribution < 1.29 is 45.1 Å². The molecule has 42 heavy (non-hydrogen) atoms. The summed E-state index contributed by atoms with van der Waals surface area (Å²) in [4.78, 5) is 26.5. The summed E-state index contributed by atoms with van der Waals surface area (Å²) < 4.78 is 101. The number of nitrogens with zero attached hydrogens (tertiary/aromatic N) is 1. The van der Waals surface area contributed by atoms with Crippen molar-refractivity contribution in [1.82, 2.24) is 4.90 Å². The SMILES string of the molecule is C/C(=C\C(=O)N1C[C@H](O[C@H](C)c2cc(C(F)(F)F)cc(C(F)(F)F)c2)C(c2ccc(F)cc2)C1C)C1=CCC(=O)CC1. The van der Waals surface area contributed by atoms with Crippen LogP contribution in [0.1, 0.15) is 74.3 Å². The van der Waals surface area contributed by atoms with Crippen LogP contribution >= 0.6 is 0 Å². The number of likely N-dealkylation sites (tertiary alicyclic amines) is 1. The van der Waals surface area contributed by atoms with Crippen molar-refractivity contribution in [3.63, 3.8) is 0 Å². The quantitative estimate of drug-likeness (QED) is 0.251. The van der Waals surface area contributed by atoms with Gasteiger partial charge in [0.15, 0.2) is 0 Å². The second kappa shape index (κ2) is 12.0. The topological polar surface area (TPSA) is 46.6 Å². The van der Waals surface area contributed by atoms with Crippen LogP contribution in [0.4, 0.5) is 30.7 Å². The molecule has 2 aromatic rings. The van der Waals surface area contributed by atoms with Gasteiger partial charge in [-0.1, -0.05) is 18.2 Å². The fourth-order valence-electron chi connectivity index (χ4n) is 5.56. The van der Waals surface area contributed by atoms with E-state index >= 15 is 0 Å². The number of allylic oxidation sites excluding steroid dienone is 3. The van der Waals surface area contributed by atoms with Gasteiger partial charge in [0.2, 0.25) is 5.91 Å². The molecule has 0 N–H and O–H groups in total. The van der Waals surface area contributed by atoms with Crippen molar-refractivity contribution in [3.8, 4) is 0 Å². The van der Waals surface area contributed by atoms with E-state index in [9.17, 15) is 40.3 Å². The number of carbonyl (C=O) groups excluding carboxylic acids is 2. The lowest BCUT2D eigenvalue weighted by Gasteiger charge is -2.27. The number of halogens is 7. The largest absolute Gasteiger partial charge is 0.416 e. The maximum Gasteiger partial charge on any atom is 0.416 e. The minimum Gasteiger partial charge on any atom is -0.368 e. The Morgan fingerprint density at radius 1 is 1.00 bits per heavy atom. The highest BCUT2D eigenvalue weighted by molar-refractivity contribution is 5.90. The summed E-state index contributed by atoms with van der Waals surface area (Å²) in [5, 5.41) is 0. The molecule has 1 fully saturated rings. The minimum atomic E-state index is -5.01. The third-order valence-electron chi connectivity index (χ3n) is 7.88. The number of benzene rings is 2. The second-order valence-corrected chi connectivity index (χ2v) is 10.8. The monoisotopic (exact) mass is 597 g/mol. The van der Waals surface area contributed by atoms with Gasteiger partial charge in [-0.3, -0.25) is 9.59 Å². The molecular weight excluding hydrogens is 567 g/mol. The fraction of sp³-hybridized carbons (Fsp3) is 0.419.